The number of rotatable bonds is 3. The van der Waals surface area contributed by atoms with Crippen LogP contribution in [-0.2, 0) is 6.54 Å². The van der Waals surface area contributed by atoms with Gasteiger partial charge in [-0.3, -0.25) is 0 Å². The van der Waals surface area contributed by atoms with Gasteiger partial charge in [0.05, 0.1) is 11.0 Å². The highest BCUT2D eigenvalue weighted by Gasteiger charge is 2.08. The summed E-state index contributed by atoms with van der Waals surface area (Å²) in [5, 5.41) is 0. The first-order valence-electron chi connectivity index (χ1n) is 5.64. The molecule has 0 radical (unpaired) electrons. The summed E-state index contributed by atoms with van der Waals surface area (Å²) in [6.45, 7) is 7.68. The van der Waals surface area contributed by atoms with E-state index in [1.54, 1.807) is 0 Å². The molecule has 0 amide bonds. The molecule has 0 spiro atoms. The number of hydrogen-bond acceptors (Lipinski definition) is 1. The van der Waals surface area contributed by atoms with Crippen LogP contribution in [0.5, 0.6) is 0 Å². The minimum absolute atomic E-state index is 0.710. The normalized spacial score (nSPS) is 13.3. The first kappa shape index (κ1) is 10.2. The van der Waals surface area contributed by atoms with E-state index in [1.807, 2.05) is 6.07 Å². The van der Waals surface area contributed by atoms with Crippen LogP contribution in [0.3, 0.4) is 0 Å². The zero-order valence-corrected chi connectivity index (χ0v) is 9.70. The molecule has 2 aromatic rings. The van der Waals surface area contributed by atoms with E-state index in [-0.39, 0.29) is 0 Å². The van der Waals surface area contributed by atoms with Gasteiger partial charge in [0.15, 0.2) is 0 Å². The molecule has 2 nitrogen and oxygen atoms in total. The maximum absolute atomic E-state index is 4.56. The Bertz CT molecular complexity index is 457. The van der Waals surface area contributed by atoms with Gasteiger partial charge in [-0.15, -0.1) is 0 Å². The molecule has 0 unspecified atom stereocenters. The summed E-state index contributed by atoms with van der Waals surface area (Å²) in [6, 6.07) is 8.35. The molecule has 0 saturated carbocycles. The summed E-state index contributed by atoms with van der Waals surface area (Å²) < 4.78 is 2.32. The minimum Gasteiger partial charge on any atom is -0.328 e. The van der Waals surface area contributed by atoms with E-state index in [4.69, 9.17) is 0 Å². The van der Waals surface area contributed by atoms with Gasteiger partial charge in [-0.05, 0) is 25.0 Å². The van der Waals surface area contributed by atoms with E-state index >= 15 is 0 Å². The van der Waals surface area contributed by atoms with Crippen molar-refractivity contribution in [3.63, 3.8) is 0 Å². The number of hydrogen-bond donors (Lipinski definition) is 0. The Hall–Kier alpha value is -1.31. The Morgan fingerprint density at radius 1 is 1.33 bits per heavy atom. The Morgan fingerprint density at radius 2 is 2.07 bits per heavy atom. The van der Waals surface area contributed by atoms with Crippen molar-refractivity contribution in [1.29, 1.82) is 0 Å². The largest absolute Gasteiger partial charge is 0.328 e. The quantitative estimate of drug-likeness (QED) is 0.746. The third kappa shape index (κ3) is 1.89. The van der Waals surface area contributed by atoms with Crippen molar-refractivity contribution in [2.45, 2.75) is 33.7 Å². The van der Waals surface area contributed by atoms with Gasteiger partial charge in [-0.25, -0.2) is 4.98 Å². The number of fused-ring (bicyclic) bond motifs is 1. The molecule has 2 heteroatoms. The predicted octanol–water partition coefficient (Wildman–Crippen LogP) is 3.39. The summed E-state index contributed by atoms with van der Waals surface area (Å²) in [5.74, 6) is 1.83. The molecule has 0 aliphatic carbocycles. The van der Waals surface area contributed by atoms with Crippen LogP contribution in [0.15, 0.2) is 24.3 Å². The molecule has 0 aliphatic heterocycles. The van der Waals surface area contributed by atoms with Gasteiger partial charge in [-0.2, -0.15) is 0 Å². The fraction of sp³-hybridized carbons (Fsp3) is 0.462. The van der Waals surface area contributed by atoms with Crippen LogP contribution in [0.1, 0.15) is 26.1 Å². The van der Waals surface area contributed by atoms with Crippen molar-refractivity contribution in [2.24, 2.45) is 5.92 Å². The summed E-state index contributed by atoms with van der Waals surface area (Å²) in [4.78, 5) is 4.56. The van der Waals surface area contributed by atoms with E-state index in [0.717, 1.165) is 17.9 Å². The lowest BCUT2D eigenvalue weighted by atomic mass is 10.1. The molecule has 1 aromatic carbocycles. The van der Waals surface area contributed by atoms with Crippen LogP contribution in [0.4, 0.5) is 0 Å². The highest BCUT2D eigenvalue weighted by atomic mass is 15.1. The van der Waals surface area contributed by atoms with Crippen LogP contribution < -0.4 is 0 Å². The fourth-order valence-electron chi connectivity index (χ4n) is 1.87. The first-order chi connectivity index (χ1) is 7.22. The van der Waals surface area contributed by atoms with E-state index in [1.165, 1.54) is 11.9 Å². The lowest BCUT2D eigenvalue weighted by Gasteiger charge is -2.11. The average molecular weight is 202 g/mol. The summed E-state index contributed by atoms with van der Waals surface area (Å²) in [5.41, 5.74) is 2.37. The maximum atomic E-state index is 4.56. The van der Waals surface area contributed by atoms with E-state index in [9.17, 15) is 0 Å². The summed E-state index contributed by atoms with van der Waals surface area (Å²) in [6.07, 6.45) is 1.21. The van der Waals surface area contributed by atoms with E-state index < -0.39 is 0 Å². The summed E-state index contributed by atoms with van der Waals surface area (Å²) in [7, 11) is 0. The molecule has 0 aliphatic rings. The number of para-hydroxylation sites is 2. The van der Waals surface area contributed by atoms with Crippen LogP contribution in [0.25, 0.3) is 11.0 Å². The van der Waals surface area contributed by atoms with Crippen LogP contribution >= 0.6 is 0 Å². The topological polar surface area (TPSA) is 17.8 Å². The molecule has 0 N–H and O–H groups in total. The summed E-state index contributed by atoms with van der Waals surface area (Å²) >= 11 is 0. The van der Waals surface area contributed by atoms with Gasteiger partial charge in [0.1, 0.15) is 5.82 Å². The number of aryl methyl sites for hydroxylation is 1. The zero-order valence-electron chi connectivity index (χ0n) is 9.70. The molecular weight excluding hydrogens is 184 g/mol. The lowest BCUT2D eigenvalue weighted by Crippen LogP contribution is -2.08. The Morgan fingerprint density at radius 3 is 2.80 bits per heavy atom. The molecule has 2 rings (SSSR count). The number of benzene rings is 1. The van der Waals surface area contributed by atoms with Crippen molar-refractivity contribution in [3.8, 4) is 0 Å². The third-order valence-corrected chi connectivity index (χ3v) is 3.04. The predicted molar refractivity (Wildman–Crippen MR) is 63.9 cm³/mol. The molecule has 80 valence electrons. The van der Waals surface area contributed by atoms with Crippen molar-refractivity contribution in [1.82, 2.24) is 9.55 Å². The van der Waals surface area contributed by atoms with Crippen molar-refractivity contribution >= 4 is 11.0 Å². The zero-order chi connectivity index (χ0) is 10.8. The van der Waals surface area contributed by atoms with Gasteiger partial charge in [0.2, 0.25) is 0 Å². The van der Waals surface area contributed by atoms with Gasteiger partial charge in [0, 0.05) is 6.54 Å². The SMILES string of the molecule is CC[C@@H](C)Cn1c(C)nc2ccccc21. The highest BCUT2D eigenvalue weighted by molar-refractivity contribution is 5.75. The fourth-order valence-corrected chi connectivity index (χ4v) is 1.87. The standard InChI is InChI=1S/C13H18N2/c1-4-10(2)9-15-11(3)14-12-7-5-6-8-13(12)15/h5-8,10H,4,9H2,1-3H3/t10-/m1/s1. The molecule has 1 heterocycles. The monoisotopic (exact) mass is 202 g/mol. The molecule has 15 heavy (non-hydrogen) atoms. The van der Waals surface area contributed by atoms with Crippen LogP contribution in [0, 0.1) is 12.8 Å². The molecular formula is C13H18N2. The molecule has 0 bridgehead atoms. The van der Waals surface area contributed by atoms with Gasteiger partial charge >= 0.3 is 0 Å². The van der Waals surface area contributed by atoms with Gasteiger partial charge in [0.25, 0.3) is 0 Å². The molecule has 0 fully saturated rings. The van der Waals surface area contributed by atoms with Crippen LogP contribution in [-0.4, -0.2) is 9.55 Å². The Labute approximate surface area is 90.9 Å². The second kappa shape index (κ2) is 4.05. The lowest BCUT2D eigenvalue weighted by molar-refractivity contribution is 0.470. The maximum Gasteiger partial charge on any atom is 0.106 e. The Kier molecular flexibility index (Phi) is 2.76. The number of imidazole rings is 1. The molecule has 1 aromatic heterocycles. The second-order valence-electron chi connectivity index (χ2n) is 4.27. The minimum atomic E-state index is 0.710. The van der Waals surface area contributed by atoms with Gasteiger partial charge in [-0.1, -0.05) is 32.4 Å². The third-order valence-electron chi connectivity index (χ3n) is 3.04. The van der Waals surface area contributed by atoms with E-state index in [2.05, 4.69) is 48.5 Å². The first-order valence-corrected chi connectivity index (χ1v) is 5.64. The van der Waals surface area contributed by atoms with Crippen LogP contribution in [0.2, 0.25) is 0 Å². The van der Waals surface area contributed by atoms with Crippen molar-refractivity contribution in [3.05, 3.63) is 30.1 Å². The molecule has 1 atom stereocenters. The Balaban J connectivity index is 2.45. The van der Waals surface area contributed by atoms with Crippen molar-refractivity contribution < 1.29 is 0 Å². The number of nitrogens with zero attached hydrogens (tertiary/aromatic N) is 2. The van der Waals surface area contributed by atoms with Crippen molar-refractivity contribution in [2.75, 3.05) is 0 Å². The smallest absolute Gasteiger partial charge is 0.106 e. The van der Waals surface area contributed by atoms with Gasteiger partial charge < -0.3 is 4.57 Å². The average Bonchev–Trinajstić information content (AvgIpc) is 2.55. The second-order valence-corrected chi connectivity index (χ2v) is 4.27. The molecule has 0 saturated heterocycles. The van der Waals surface area contributed by atoms with E-state index in [0.29, 0.717) is 5.92 Å². The number of aromatic nitrogens is 2. The highest BCUT2D eigenvalue weighted by Crippen LogP contribution is 2.17.